The number of hydrogen-bond donors (Lipinski definition) is 1. The topological polar surface area (TPSA) is 54.9 Å². The van der Waals surface area contributed by atoms with Gasteiger partial charge in [-0.15, -0.1) is 11.6 Å². The van der Waals surface area contributed by atoms with Gasteiger partial charge in [-0.05, 0) is 22.9 Å². The molecule has 0 fully saturated rings. The molecule has 1 amide bonds. The van der Waals surface area contributed by atoms with Gasteiger partial charge in [-0.2, -0.15) is 0 Å². The van der Waals surface area contributed by atoms with E-state index in [9.17, 15) is 4.79 Å². The molecule has 6 heteroatoms. The lowest BCUT2D eigenvalue weighted by atomic mass is 10.3. The Morgan fingerprint density at radius 1 is 1.79 bits per heavy atom. The number of nitrogens with one attached hydrogen (secondary N) is 1. The summed E-state index contributed by atoms with van der Waals surface area (Å²) >= 11 is 8.87. The third kappa shape index (κ3) is 3.23. The molecule has 0 saturated heterocycles. The fraction of sp³-hybridized carbons (Fsp3) is 0.375. The van der Waals surface area contributed by atoms with Gasteiger partial charge in [0.2, 0.25) is 0 Å². The summed E-state index contributed by atoms with van der Waals surface area (Å²) in [4.78, 5) is 19.1. The van der Waals surface area contributed by atoms with E-state index in [-0.39, 0.29) is 11.3 Å². The molecule has 0 bridgehead atoms. The monoisotopic (exact) mass is 277 g/mol. The van der Waals surface area contributed by atoms with Crippen LogP contribution in [-0.4, -0.2) is 27.8 Å². The van der Waals surface area contributed by atoms with Gasteiger partial charge in [0.15, 0.2) is 0 Å². The minimum absolute atomic E-state index is 0.0976. The van der Waals surface area contributed by atoms with Gasteiger partial charge in [0.05, 0.1) is 4.47 Å². The van der Waals surface area contributed by atoms with Crippen molar-refractivity contribution in [2.45, 2.75) is 12.3 Å². The second-order valence-electron chi connectivity index (χ2n) is 2.71. The van der Waals surface area contributed by atoms with Gasteiger partial charge >= 0.3 is 0 Å². The van der Waals surface area contributed by atoms with Crippen LogP contribution in [0.5, 0.6) is 0 Å². The average Bonchev–Trinajstić information content (AvgIpc) is 2.15. The molecule has 76 valence electrons. The van der Waals surface area contributed by atoms with Crippen molar-refractivity contribution in [1.29, 1.82) is 0 Å². The van der Waals surface area contributed by atoms with E-state index in [0.717, 1.165) is 0 Å². The minimum atomic E-state index is -0.258. The van der Waals surface area contributed by atoms with E-state index in [1.54, 1.807) is 6.92 Å². The molecule has 0 aliphatic rings. The van der Waals surface area contributed by atoms with Crippen LogP contribution in [0.15, 0.2) is 17.0 Å². The lowest BCUT2D eigenvalue weighted by molar-refractivity contribution is 0.0948. The van der Waals surface area contributed by atoms with Crippen LogP contribution in [-0.2, 0) is 0 Å². The first kappa shape index (κ1) is 11.4. The third-order valence-electron chi connectivity index (χ3n) is 1.43. The Balaban J connectivity index is 2.65. The Morgan fingerprint density at radius 3 is 3.07 bits per heavy atom. The van der Waals surface area contributed by atoms with Crippen LogP contribution >= 0.6 is 27.5 Å². The van der Waals surface area contributed by atoms with Gasteiger partial charge in [0.25, 0.3) is 5.91 Å². The molecule has 1 unspecified atom stereocenters. The normalized spacial score (nSPS) is 12.2. The summed E-state index contributed by atoms with van der Waals surface area (Å²) in [5.41, 5.74) is 0.317. The average molecular weight is 279 g/mol. The summed E-state index contributed by atoms with van der Waals surface area (Å²) < 4.78 is 0.569. The molecule has 0 aliphatic heterocycles. The fourth-order valence-corrected chi connectivity index (χ4v) is 1.27. The highest BCUT2D eigenvalue weighted by Crippen LogP contribution is 2.11. The molecule has 0 aromatic carbocycles. The van der Waals surface area contributed by atoms with Crippen LogP contribution in [0, 0.1) is 0 Å². The predicted molar refractivity (Wildman–Crippen MR) is 57.4 cm³/mol. The van der Waals surface area contributed by atoms with Gasteiger partial charge in [-0.1, -0.05) is 0 Å². The van der Waals surface area contributed by atoms with Crippen molar-refractivity contribution in [2.24, 2.45) is 0 Å². The third-order valence-corrected chi connectivity index (χ3v) is 2.16. The van der Waals surface area contributed by atoms with Crippen LogP contribution in [0.25, 0.3) is 0 Å². The van der Waals surface area contributed by atoms with E-state index >= 15 is 0 Å². The number of aromatic nitrogens is 2. The van der Waals surface area contributed by atoms with Crippen molar-refractivity contribution < 1.29 is 4.79 Å². The number of carbonyl (C=O) groups is 1. The number of hydrogen-bond acceptors (Lipinski definition) is 3. The SMILES string of the molecule is CC(Cl)CNC(=O)c1ncncc1Br. The highest BCUT2D eigenvalue weighted by atomic mass is 79.9. The van der Waals surface area contributed by atoms with Crippen molar-refractivity contribution >= 4 is 33.4 Å². The Bertz CT molecular complexity index is 332. The summed E-state index contributed by atoms with van der Waals surface area (Å²) in [5.74, 6) is -0.258. The second kappa shape index (κ2) is 5.26. The minimum Gasteiger partial charge on any atom is -0.349 e. The van der Waals surface area contributed by atoms with E-state index in [4.69, 9.17) is 11.6 Å². The van der Waals surface area contributed by atoms with Gasteiger partial charge in [0.1, 0.15) is 12.0 Å². The molecular formula is C8H9BrClN3O. The molecule has 1 heterocycles. The first-order valence-corrected chi connectivity index (χ1v) is 5.22. The molecule has 4 nitrogen and oxygen atoms in total. The van der Waals surface area contributed by atoms with Crippen molar-refractivity contribution in [2.75, 3.05) is 6.54 Å². The Kier molecular flexibility index (Phi) is 4.28. The molecule has 14 heavy (non-hydrogen) atoms. The molecule has 0 aliphatic carbocycles. The van der Waals surface area contributed by atoms with Gasteiger partial charge in [0, 0.05) is 18.1 Å². The maximum atomic E-state index is 11.5. The van der Waals surface area contributed by atoms with Crippen LogP contribution in [0.2, 0.25) is 0 Å². The molecule has 1 N–H and O–H groups in total. The van der Waals surface area contributed by atoms with E-state index in [1.807, 2.05) is 0 Å². The number of amides is 1. The molecule has 1 aromatic heterocycles. The highest BCUT2D eigenvalue weighted by molar-refractivity contribution is 9.10. The lowest BCUT2D eigenvalue weighted by Crippen LogP contribution is -2.29. The summed E-state index contributed by atoms with van der Waals surface area (Å²) in [6, 6.07) is 0. The molecule has 0 radical (unpaired) electrons. The zero-order valence-corrected chi connectivity index (χ0v) is 9.84. The second-order valence-corrected chi connectivity index (χ2v) is 4.31. The summed E-state index contributed by atoms with van der Waals surface area (Å²) in [6.07, 6.45) is 2.84. The maximum absolute atomic E-state index is 11.5. The Morgan fingerprint density at radius 2 is 2.50 bits per heavy atom. The molecular weight excluding hydrogens is 269 g/mol. The molecule has 1 atom stereocenters. The van der Waals surface area contributed by atoms with Crippen LogP contribution in [0.3, 0.4) is 0 Å². The van der Waals surface area contributed by atoms with E-state index in [1.165, 1.54) is 12.5 Å². The largest absolute Gasteiger partial charge is 0.349 e. The number of alkyl halides is 1. The van der Waals surface area contributed by atoms with E-state index in [2.05, 4.69) is 31.2 Å². The quantitative estimate of drug-likeness (QED) is 0.855. The summed E-state index contributed by atoms with van der Waals surface area (Å²) in [5, 5.41) is 2.55. The lowest BCUT2D eigenvalue weighted by Gasteiger charge is -2.06. The standard InChI is InChI=1S/C8H9BrClN3O/c1-5(10)2-12-8(14)7-6(9)3-11-4-13-7/h3-5H,2H2,1H3,(H,12,14). The number of halogens is 2. The number of rotatable bonds is 3. The zero-order valence-electron chi connectivity index (χ0n) is 7.50. The first-order valence-electron chi connectivity index (χ1n) is 3.99. The zero-order chi connectivity index (χ0) is 10.6. The van der Waals surface area contributed by atoms with Gasteiger partial charge in [-0.3, -0.25) is 4.79 Å². The van der Waals surface area contributed by atoms with Crippen LogP contribution in [0.4, 0.5) is 0 Å². The van der Waals surface area contributed by atoms with Crippen molar-refractivity contribution in [3.63, 3.8) is 0 Å². The smallest absolute Gasteiger partial charge is 0.271 e. The van der Waals surface area contributed by atoms with E-state index in [0.29, 0.717) is 16.7 Å². The van der Waals surface area contributed by atoms with Gasteiger partial charge < -0.3 is 5.32 Å². The predicted octanol–water partition coefficient (Wildman–Crippen LogP) is 1.60. The Labute approximate surface area is 95.2 Å². The number of nitrogens with zero attached hydrogens (tertiary/aromatic N) is 2. The van der Waals surface area contributed by atoms with Crippen LogP contribution < -0.4 is 5.32 Å². The molecule has 1 rings (SSSR count). The first-order chi connectivity index (χ1) is 6.61. The fourth-order valence-electron chi connectivity index (χ4n) is 0.797. The Hall–Kier alpha value is -0.680. The molecule has 1 aromatic rings. The van der Waals surface area contributed by atoms with Crippen molar-refractivity contribution in [3.05, 3.63) is 22.7 Å². The maximum Gasteiger partial charge on any atom is 0.271 e. The summed E-state index contributed by atoms with van der Waals surface area (Å²) in [7, 11) is 0. The van der Waals surface area contributed by atoms with Crippen molar-refractivity contribution in [3.8, 4) is 0 Å². The number of carbonyl (C=O) groups excluding carboxylic acids is 1. The van der Waals surface area contributed by atoms with Crippen molar-refractivity contribution in [1.82, 2.24) is 15.3 Å². The molecule has 0 spiro atoms. The summed E-state index contributed by atoms with van der Waals surface area (Å²) in [6.45, 7) is 2.22. The van der Waals surface area contributed by atoms with E-state index < -0.39 is 0 Å². The van der Waals surface area contributed by atoms with Gasteiger partial charge in [-0.25, -0.2) is 9.97 Å². The van der Waals surface area contributed by atoms with Crippen LogP contribution in [0.1, 0.15) is 17.4 Å². The highest BCUT2D eigenvalue weighted by Gasteiger charge is 2.11. The molecule has 0 saturated carbocycles.